The summed E-state index contributed by atoms with van der Waals surface area (Å²) < 4.78 is 28.2. The maximum atomic E-state index is 13.5. The number of carboxylic acids is 1. The first kappa shape index (κ1) is 15.0. The van der Waals surface area contributed by atoms with Crippen molar-refractivity contribution in [2.75, 3.05) is 5.32 Å². The lowest BCUT2D eigenvalue weighted by molar-refractivity contribution is -0.117. The molecule has 1 aromatic heterocycles. The van der Waals surface area contributed by atoms with Gasteiger partial charge in [-0.3, -0.25) is 4.79 Å². The molecule has 0 aliphatic carbocycles. The van der Waals surface area contributed by atoms with Crippen molar-refractivity contribution in [3.63, 3.8) is 0 Å². The molecule has 2 N–H and O–H groups in total. The van der Waals surface area contributed by atoms with Crippen LogP contribution in [0.4, 0.5) is 14.5 Å². The number of nitrogens with zero attached hydrogens (tertiary/aromatic N) is 3. The van der Waals surface area contributed by atoms with Gasteiger partial charge < -0.3 is 10.4 Å². The Hall–Kier alpha value is -2.36. The van der Waals surface area contributed by atoms with E-state index >= 15 is 0 Å². The SMILES string of the molecule is O=C(Cn1cc(C(=O)O)nn1)Nc1c(F)cc(Br)cc1F. The first-order chi connectivity index (χ1) is 9.86. The van der Waals surface area contributed by atoms with Crippen molar-refractivity contribution in [2.24, 2.45) is 0 Å². The number of anilines is 1. The number of hydrogen-bond donors (Lipinski definition) is 2. The van der Waals surface area contributed by atoms with Crippen LogP contribution in [0, 0.1) is 11.6 Å². The molecule has 0 radical (unpaired) electrons. The second-order valence-electron chi connectivity index (χ2n) is 3.90. The summed E-state index contributed by atoms with van der Waals surface area (Å²) in [6.07, 6.45) is 1.02. The van der Waals surface area contributed by atoms with E-state index in [1.54, 1.807) is 0 Å². The number of aromatic nitrogens is 3. The topological polar surface area (TPSA) is 97.1 Å². The summed E-state index contributed by atoms with van der Waals surface area (Å²) in [4.78, 5) is 22.3. The van der Waals surface area contributed by atoms with E-state index in [1.165, 1.54) is 0 Å². The number of carboxylic acid groups (broad SMARTS) is 1. The van der Waals surface area contributed by atoms with Gasteiger partial charge in [0.25, 0.3) is 0 Å². The molecular weight excluding hydrogens is 354 g/mol. The number of carbonyl (C=O) groups is 2. The van der Waals surface area contributed by atoms with Crippen molar-refractivity contribution >= 4 is 33.5 Å². The minimum absolute atomic E-state index is 0.192. The van der Waals surface area contributed by atoms with Crippen LogP contribution in [0.1, 0.15) is 10.5 Å². The molecule has 0 aliphatic rings. The second kappa shape index (κ2) is 5.95. The fourth-order valence-corrected chi connectivity index (χ4v) is 1.86. The lowest BCUT2D eigenvalue weighted by atomic mass is 10.3. The molecule has 110 valence electrons. The van der Waals surface area contributed by atoms with E-state index in [-0.39, 0.29) is 10.2 Å². The number of carbonyl (C=O) groups excluding carboxylic acids is 1. The van der Waals surface area contributed by atoms with Gasteiger partial charge in [0.2, 0.25) is 5.91 Å². The molecule has 1 aromatic carbocycles. The molecule has 21 heavy (non-hydrogen) atoms. The van der Waals surface area contributed by atoms with Gasteiger partial charge in [0.15, 0.2) is 17.3 Å². The lowest BCUT2D eigenvalue weighted by Gasteiger charge is -2.07. The summed E-state index contributed by atoms with van der Waals surface area (Å²) in [6.45, 7) is -0.435. The van der Waals surface area contributed by atoms with Crippen LogP contribution in [-0.4, -0.2) is 32.0 Å². The quantitative estimate of drug-likeness (QED) is 0.863. The molecule has 0 atom stereocenters. The Labute approximate surface area is 124 Å². The lowest BCUT2D eigenvalue weighted by Crippen LogP contribution is -2.20. The van der Waals surface area contributed by atoms with Crippen molar-refractivity contribution in [2.45, 2.75) is 6.54 Å². The number of hydrogen-bond acceptors (Lipinski definition) is 4. The molecule has 0 bridgehead atoms. The van der Waals surface area contributed by atoms with Crippen LogP contribution in [0.3, 0.4) is 0 Å². The fraction of sp³-hybridized carbons (Fsp3) is 0.0909. The van der Waals surface area contributed by atoms with Gasteiger partial charge in [0, 0.05) is 4.47 Å². The van der Waals surface area contributed by atoms with Gasteiger partial charge >= 0.3 is 5.97 Å². The molecule has 1 amide bonds. The molecule has 7 nitrogen and oxygen atoms in total. The van der Waals surface area contributed by atoms with Gasteiger partial charge in [-0.15, -0.1) is 5.10 Å². The molecular formula is C11H7BrF2N4O3. The van der Waals surface area contributed by atoms with Crippen LogP contribution in [-0.2, 0) is 11.3 Å². The van der Waals surface area contributed by atoms with Gasteiger partial charge in [0.1, 0.15) is 12.2 Å². The van der Waals surface area contributed by atoms with E-state index in [9.17, 15) is 18.4 Å². The first-order valence-electron chi connectivity index (χ1n) is 5.44. The zero-order chi connectivity index (χ0) is 15.6. The first-order valence-corrected chi connectivity index (χ1v) is 6.24. The van der Waals surface area contributed by atoms with Crippen LogP contribution >= 0.6 is 15.9 Å². The van der Waals surface area contributed by atoms with E-state index in [0.29, 0.717) is 0 Å². The summed E-state index contributed by atoms with van der Waals surface area (Å²) in [5.74, 6) is -3.97. The molecule has 0 saturated carbocycles. The van der Waals surface area contributed by atoms with Gasteiger partial charge in [-0.05, 0) is 12.1 Å². The van der Waals surface area contributed by atoms with E-state index < -0.39 is 35.7 Å². The molecule has 0 fully saturated rings. The largest absolute Gasteiger partial charge is 0.476 e. The van der Waals surface area contributed by atoms with E-state index in [2.05, 4.69) is 26.2 Å². The van der Waals surface area contributed by atoms with Gasteiger partial charge in [-0.25, -0.2) is 18.3 Å². The standard InChI is InChI=1S/C11H7BrF2N4O3/c12-5-1-6(13)10(7(14)2-5)15-9(19)4-18-3-8(11(20)21)16-17-18/h1-3H,4H2,(H,15,19)(H,20,21). The Morgan fingerprint density at radius 3 is 2.48 bits per heavy atom. The van der Waals surface area contributed by atoms with Crippen molar-refractivity contribution in [1.82, 2.24) is 15.0 Å². The highest BCUT2D eigenvalue weighted by molar-refractivity contribution is 9.10. The van der Waals surface area contributed by atoms with Crippen LogP contribution in [0.15, 0.2) is 22.8 Å². The van der Waals surface area contributed by atoms with Crippen LogP contribution < -0.4 is 5.32 Å². The van der Waals surface area contributed by atoms with Crippen molar-refractivity contribution in [1.29, 1.82) is 0 Å². The molecule has 2 rings (SSSR count). The summed E-state index contributed by atoms with van der Waals surface area (Å²) in [5, 5.41) is 17.4. The normalized spacial score (nSPS) is 10.4. The molecule has 0 saturated heterocycles. The summed E-state index contributed by atoms with van der Waals surface area (Å²) in [5.41, 5.74) is -0.939. The molecule has 0 spiro atoms. The summed E-state index contributed by atoms with van der Waals surface area (Å²) in [7, 11) is 0. The van der Waals surface area contributed by atoms with Crippen LogP contribution in [0.2, 0.25) is 0 Å². The maximum Gasteiger partial charge on any atom is 0.358 e. The number of benzene rings is 1. The average molecular weight is 361 g/mol. The molecule has 1 heterocycles. The van der Waals surface area contributed by atoms with Gasteiger partial charge in [-0.1, -0.05) is 21.1 Å². The Balaban J connectivity index is 2.10. The third-order valence-corrected chi connectivity index (χ3v) is 2.79. The Morgan fingerprint density at radius 2 is 1.95 bits per heavy atom. The van der Waals surface area contributed by atoms with Crippen LogP contribution in [0.5, 0.6) is 0 Å². The minimum atomic E-state index is -1.30. The maximum absolute atomic E-state index is 13.5. The Morgan fingerprint density at radius 1 is 1.33 bits per heavy atom. The van der Waals surface area contributed by atoms with E-state index in [1.807, 2.05) is 5.32 Å². The molecule has 0 unspecified atom stereocenters. The zero-order valence-corrected chi connectivity index (χ0v) is 11.8. The van der Waals surface area contributed by atoms with Crippen molar-refractivity contribution in [3.8, 4) is 0 Å². The number of aromatic carboxylic acids is 1. The number of amides is 1. The predicted octanol–water partition coefficient (Wildman–Crippen LogP) is 1.66. The van der Waals surface area contributed by atoms with Gasteiger partial charge in [0.05, 0.1) is 6.20 Å². The highest BCUT2D eigenvalue weighted by atomic mass is 79.9. The van der Waals surface area contributed by atoms with E-state index in [0.717, 1.165) is 23.0 Å². The Kier molecular flexibility index (Phi) is 4.26. The highest BCUT2D eigenvalue weighted by Gasteiger charge is 2.15. The predicted molar refractivity (Wildman–Crippen MR) is 69.7 cm³/mol. The Bertz CT molecular complexity index is 696. The highest BCUT2D eigenvalue weighted by Crippen LogP contribution is 2.23. The third kappa shape index (κ3) is 3.60. The number of halogens is 3. The average Bonchev–Trinajstić information content (AvgIpc) is 2.82. The van der Waals surface area contributed by atoms with Gasteiger partial charge in [-0.2, -0.15) is 0 Å². The molecule has 0 aliphatic heterocycles. The number of rotatable bonds is 4. The fourth-order valence-electron chi connectivity index (χ4n) is 1.46. The summed E-state index contributed by atoms with van der Waals surface area (Å²) in [6, 6.07) is 1.99. The van der Waals surface area contributed by atoms with E-state index in [4.69, 9.17) is 5.11 Å². The monoisotopic (exact) mass is 360 g/mol. The summed E-state index contributed by atoms with van der Waals surface area (Å²) >= 11 is 2.91. The minimum Gasteiger partial charge on any atom is -0.476 e. The second-order valence-corrected chi connectivity index (χ2v) is 4.81. The van der Waals surface area contributed by atoms with Crippen molar-refractivity contribution < 1.29 is 23.5 Å². The van der Waals surface area contributed by atoms with Crippen molar-refractivity contribution in [3.05, 3.63) is 40.1 Å². The molecule has 10 heteroatoms. The third-order valence-electron chi connectivity index (χ3n) is 2.33. The van der Waals surface area contributed by atoms with Crippen LogP contribution in [0.25, 0.3) is 0 Å². The zero-order valence-electron chi connectivity index (χ0n) is 10.2. The number of nitrogens with one attached hydrogen (secondary N) is 1. The smallest absolute Gasteiger partial charge is 0.358 e. The molecule has 2 aromatic rings.